The van der Waals surface area contributed by atoms with Crippen molar-refractivity contribution in [2.75, 3.05) is 11.1 Å². The van der Waals surface area contributed by atoms with Crippen molar-refractivity contribution in [3.63, 3.8) is 0 Å². The zero-order valence-corrected chi connectivity index (χ0v) is 13.9. The highest BCUT2D eigenvalue weighted by Crippen LogP contribution is 2.33. The number of Topliss-reactive ketones (excluding diaryl/α,β-unsaturated/α-hetero) is 1. The van der Waals surface area contributed by atoms with Crippen molar-refractivity contribution in [1.29, 1.82) is 0 Å². The molecule has 1 saturated carbocycles. The molecule has 0 amide bonds. The van der Waals surface area contributed by atoms with Crippen LogP contribution in [0, 0.1) is 6.92 Å². The number of benzene rings is 1. The SMILES string of the molecule is Cc1ccc(Sc2cnc(N)nc2NC2CCC(=O)CC2)cc1. The van der Waals surface area contributed by atoms with Gasteiger partial charge in [-0.2, -0.15) is 4.98 Å². The lowest BCUT2D eigenvalue weighted by Crippen LogP contribution is -2.26. The Morgan fingerprint density at radius 3 is 2.61 bits per heavy atom. The third kappa shape index (κ3) is 4.22. The maximum Gasteiger partial charge on any atom is 0.221 e. The van der Waals surface area contributed by atoms with Crippen LogP contribution in [-0.4, -0.2) is 21.8 Å². The minimum atomic E-state index is 0.257. The Bertz CT molecular complexity index is 692. The predicted molar refractivity (Wildman–Crippen MR) is 92.6 cm³/mol. The number of carbonyl (C=O) groups is 1. The van der Waals surface area contributed by atoms with Gasteiger partial charge in [-0.25, -0.2) is 4.98 Å². The van der Waals surface area contributed by atoms with E-state index in [4.69, 9.17) is 5.73 Å². The summed E-state index contributed by atoms with van der Waals surface area (Å²) in [6.07, 6.45) is 4.72. The van der Waals surface area contributed by atoms with Gasteiger partial charge < -0.3 is 11.1 Å². The minimum Gasteiger partial charge on any atom is -0.368 e. The van der Waals surface area contributed by atoms with E-state index < -0.39 is 0 Å². The molecule has 3 rings (SSSR count). The number of hydrogen-bond donors (Lipinski definition) is 2. The van der Waals surface area contributed by atoms with Gasteiger partial charge in [-0.05, 0) is 31.9 Å². The highest BCUT2D eigenvalue weighted by Gasteiger charge is 2.20. The van der Waals surface area contributed by atoms with Crippen molar-refractivity contribution in [3.8, 4) is 0 Å². The van der Waals surface area contributed by atoms with Gasteiger partial charge in [-0.15, -0.1) is 0 Å². The lowest BCUT2D eigenvalue weighted by Gasteiger charge is -2.23. The number of nitrogens with one attached hydrogen (secondary N) is 1. The minimum absolute atomic E-state index is 0.257. The van der Waals surface area contributed by atoms with Gasteiger partial charge in [0.2, 0.25) is 5.95 Å². The molecule has 0 spiro atoms. The topological polar surface area (TPSA) is 80.9 Å². The maximum atomic E-state index is 11.4. The van der Waals surface area contributed by atoms with Crippen molar-refractivity contribution in [2.45, 2.75) is 48.4 Å². The van der Waals surface area contributed by atoms with E-state index in [1.807, 2.05) is 0 Å². The average Bonchev–Trinajstić information content (AvgIpc) is 2.54. The molecule has 2 aromatic rings. The lowest BCUT2D eigenvalue weighted by atomic mass is 9.94. The number of ketones is 1. The average molecular weight is 328 g/mol. The molecule has 6 heteroatoms. The number of nitrogen functional groups attached to an aromatic ring is 1. The normalized spacial score (nSPS) is 15.6. The molecule has 5 nitrogen and oxygen atoms in total. The Kier molecular flexibility index (Phi) is 4.81. The number of anilines is 2. The summed E-state index contributed by atoms with van der Waals surface area (Å²) >= 11 is 1.61. The van der Waals surface area contributed by atoms with Crippen LogP contribution in [0.1, 0.15) is 31.2 Å². The lowest BCUT2D eigenvalue weighted by molar-refractivity contribution is -0.120. The summed E-state index contributed by atoms with van der Waals surface area (Å²) in [4.78, 5) is 21.9. The molecule has 1 aromatic heterocycles. The van der Waals surface area contributed by atoms with Gasteiger partial charge in [0.25, 0.3) is 0 Å². The van der Waals surface area contributed by atoms with E-state index in [1.54, 1.807) is 18.0 Å². The molecule has 1 fully saturated rings. The summed E-state index contributed by atoms with van der Waals surface area (Å²) in [6.45, 7) is 2.07. The Hall–Kier alpha value is -2.08. The molecular weight excluding hydrogens is 308 g/mol. The second-order valence-corrected chi connectivity index (χ2v) is 6.93. The van der Waals surface area contributed by atoms with Crippen LogP contribution in [-0.2, 0) is 4.79 Å². The Morgan fingerprint density at radius 1 is 1.22 bits per heavy atom. The fourth-order valence-corrected chi connectivity index (χ4v) is 3.41. The van der Waals surface area contributed by atoms with Gasteiger partial charge in [-0.3, -0.25) is 4.79 Å². The summed E-state index contributed by atoms with van der Waals surface area (Å²) in [5, 5.41) is 3.44. The van der Waals surface area contributed by atoms with Crippen molar-refractivity contribution in [1.82, 2.24) is 9.97 Å². The number of nitrogens with two attached hydrogens (primary N) is 1. The molecular formula is C17H20N4OS. The molecule has 0 saturated heterocycles. The molecule has 0 bridgehead atoms. The van der Waals surface area contributed by atoms with Crippen LogP contribution < -0.4 is 11.1 Å². The number of nitrogens with zero attached hydrogens (tertiary/aromatic N) is 2. The first-order chi connectivity index (χ1) is 11.1. The van der Waals surface area contributed by atoms with Crippen LogP contribution in [0.2, 0.25) is 0 Å². The Balaban J connectivity index is 1.77. The van der Waals surface area contributed by atoms with Gasteiger partial charge in [0.1, 0.15) is 11.6 Å². The van der Waals surface area contributed by atoms with Crippen LogP contribution >= 0.6 is 11.8 Å². The first kappa shape index (κ1) is 15.8. The third-order valence-electron chi connectivity index (χ3n) is 3.91. The van der Waals surface area contributed by atoms with E-state index in [0.717, 1.165) is 28.5 Å². The third-order valence-corrected chi connectivity index (χ3v) is 4.93. The molecule has 1 aliphatic carbocycles. The molecule has 0 atom stereocenters. The Morgan fingerprint density at radius 2 is 1.91 bits per heavy atom. The molecule has 1 aromatic carbocycles. The largest absolute Gasteiger partial charge is 0.368 e. The van der Waals surface area contributed by atoms with Crippen LogP contribution in [0.5, 0.6) is 0 Å². The van der Waals surface area contributed by atoms with Crippen LogP contribution in [0.15, 0.2) is 40.3 Å². The zero-order valence-electron chi connectivity index (χ0n) is 13.1. The van der Waals surface area contributed by atoms with Crippen molar-refractivity contribution in [2.24, 2.45) is 0 Å². The second-order valence-electron chi connectivity index (χ2n) is 5.81. The highest BCUT2D eigenvalue weighted by atomic mass is 32.2. The maximum absolute atomic E-state index is 11.4. The molecule has 120 valence electrons. The van der Waals surface area contributed by atoms with Gasteiger partial charge >= 0.3 is 0 Å². The molecule has 23 heavy (non-hydrogen) atoms. The van der Waals surface area contributed by atoms with E-state index in [2.05, 4.69) is 46.5 Å². The van der Waals surface area contributed by atoms with Crippen molar-refractivity contribution < 1.29 is 4.79 Å². The number of rotatable bonds is 4. The standard InChI is InChI=1S/C17H20N4OS/c1-11-2-8-14(9-3-11)23-15-10-19-17(18)21-16(15)20-12-4-6-13(22)7-5-12/h2-3,8-10,12H,4-7H2,1H3,(H3,18,19,20,21). The summed E-state index contributed by atoms with van der Waals surface area (Å²) in [5.74, 6) is 1.36. The first-order valence-electron chi connectivity index (χ1n) is 7.75. The van der Waals surface area contributed by atoms with Gasteiger partial charge in [0.05, 0.1) is 4.90 Å². The molecule has 1 heterocycles. The first-order valence-corrected chi connectivity index (χ1v) is 8.57. The van der Waals surface area contributed by atoms with Crippen LogP contribution in [0.3, 0.4) is 0 Å². The summed E-state index contributed by atoms with van der Waals surface area (Å²) in [5.41, 5.74) is 6.97. The van der Waals surface area contributed by atoms with E-state index >= 15 is 0 Å². The molecule has 0 aliphatic heterocycles. The molecule has 3 N–H and O–H groups in total. The highest BCUT2D eigenvalue weighted by molar-refractivity contribution is 7.99. The summed E-state index contributed by atoms with van der Waals surface area (Å²) < 4.78 is 0. The number of carbonyl (C=O) groups excluding carboxylic acids is 1. The monoisotopic (exact) mass is 328 g/mol. The zero-order chi connectivity index (χ0) is 16.2. The number of aromatic nitrogens is 2. The predicted octanol–water partition coefficient (Wildman–Crippen LogP) is 3.44. The quantitative estimate of drug-likeness (QED) is 0.895. The van der Waals surface area contributed by atoms with Gasteiger partial charge in [0, 0.05) is 30.0 Å². The number of hydrogen-bond acceptors (Lipinski definition) is 6. The van der Waals surface area contributed by atoms with E-state index in [-0.39, 0.29) is 12.0 Å². The van der Waals surface area contributed by atoms with Gasteiger partial charge in [-0.1, -0.05) is 29.5 Å². The van der Waals surface area contributed by atoms with E-state index in [9.17, 15) is 4.79 Å². The smallest absolute Gasteiger partial charge is 0.221 e. The summed E-state index contributed by atoms with van der Waals surface area (Å²) in [6, 6.07) is 8.60. The van der Waals surface area contributed by atoms with Crippen molar-refractivity contribution in [3.05, 3.63) is 36.0 Å². The second kappa shape index (κ2) is 7.00. The molecule has 1 aliphatic rings. The van der Waals surface area contributed by atoms with E-state index in [1.165, 1.54) is 5.56 Å². The van der Waals surface area contributed by atoms with Crippen LogP contribution in [0.4, 0.5) is 11.8 Å². The molecule has 0 unspecified atom stereocenters. The fourth-order valence-electron chi connectivity index (χ4n) is 2.57. The van der Waals surface area contributed by atoms with Crippen molar-refractivity contribution >= 4 is 29.3 Å². The fraction of sp³-hybridized carbons (Fsp3) is 0.353. The number of aryl methyl sites for hydroxylation is 1. The van der Waals surface area contributed by atoms with Crippen LogP contribution in [0.25, 0.3) is 0 Å². The van der Waals surface area contributed by atoms with E-state index in [0.29, 0.717) is 18.6 Å². The Labute approximate surface area is 140 Å². The summed E-state index contributed by atoms with van der Waals surface area (Å²) in [7, 11) is 0. The molecule has 0 radical (unpaired) electrons. The van der Waals surface area contributed by atoms with Gasteiger partial charge in [0.15, 0.2) is 0 Å².